The van der Waals surface area contributed by atoms with Crippen LogP contribution in [-0.2, 0) is 6.54 Å². The molecule has 0 saturated carbocycles. The predicted molar refractivity (Wildman–Crippen MR) is 122 cm³/mol. The molecule has 0 fully saturated rings. The Morgan fingerprint density at radius 1 is 1.12 bits per heavy atom. The van der Waals surface area contributed by atoms with Crippen molar-refractivity contribution in [1.82, 2.24) is 4.98 Å². The van der Waals surface area contributed by atoms with E-state index in [1.54, 1.807) is 0 Å². The van der Waals surface area contributed by atoms with Gasteiger partial charge in [-0.05, 0) is 42.3 Å². The maximum absolute atomic E-state index is 6.06. The monoisotopic (exact) mass is 461 g/mol. The third-order valence-electron chi connectivity index (χ3n) is 3.96. The number of anilines is 2. The number of benzene rings is 2. The molecule has 3 N–H and O–H groups in total. The number of para-hydroxylation sites is 1. The van der Waals surface area contributed by atoms with Gasteiger partial charge in [-0.2, -0.15) is 0 Å². The third kappa shape index (κ3) is 4.85. The van der Waals surface area contributed by atoms with Crippen molar-refractivity contribution >= 4 is 52.3 Å². The van der Waals surface area contributed by atoms with Crippen LogP contribution in [0.25, 0.3) is 10.9 Å². The van der Waals surface area contributed by atoms with Gasteiger partial charge in [-0.3, -0.25) is 0 Å². The summed E-state index contributed by atoms with van der Waals surface area (Å²) in [5, 5.41) is 4.24. The molecule has 0 aliphatic carbocycles. The summed E-state index contributed by atoms with van der Waals surface area (Å²) in [6.07, 6.45) is 0. The molecule has 136 valence electrons. The number of fused-ring (bicyclic) bond motifs is 1. The van der Waals surface area contributed by atoms with Crippen LogP contribution in [0, 0.1) is 6.92 Å². The van der Waals surface area contributed by atoms with Gasteiger partial charge in [0.15, 0.2) is 5.96 Å². The summed E-state index contributed by atoms with van der Waals surface area (Å²) in [5.41, 5.74) is 10.2. The van der Waals surface area contributed by atoms with E-state index in [4.69, 9.17) is 5.73 Å². The SMILES string of the molecule is Cc1cccc(NC(N)=NCc2cc(N(C)C)nc3ccccc23)c1.I. The minimum atomic E-state index is 0. The average molecular weight is 461 g/mol. The van der Waals surface area contributed by atoms with Crippen LogP contribution < -0.4 is 16.0 Å². The number of nitrogens with one attached hydrogen (secondary N) is 1. The quantitative estimate of drug-likeness (QED) is 0.348. The molecule has 1 heterocycles. The van der Waals surface area contributed by atoms with Gasteiger partial charge >= 0.3 is 0 Å². The van der Waals surface area contributed by atoms with Gasteiger partial charge in [0, 0.05) is 25.2 Å². The third-order valence-corrected chi connectivity index (χ3v) is 3.96. The lowest BCUT2D eigenvalue weighted by atomic mass is 10.1. The van der Waals surface area contributed by atoms with E-state index in [1.165, 1.54) is 5.56 Å². The lowest BCUT2D eigenvalue weighted by Gasteiger charge is -2.14. The lowest BCUT2D eigenvalue weighted by molar-refractivity contribution is 1.04. The highest BCUT2D eigenvalue weighted by Gasteiger charge is 2.07. The molecule has 0 unspecified atom stereocenters. The second kappa shape index (κ2) is 8.84. The molecule has 0 radical (unpaired) electrons. The van der Waals surface area contributed by atoms with Crippen LogP contribution in [-0.4, -0.2) is 25.0 Å². The van der Waals surface area contributed by atoms with Crippen molar-refractivity contribution in [2.24, 2.45) is 10.7 Å². The van der Waals surface area contributed by atoms with Crippen molar-refractivity contribution in [2.45, 2.75) is 13.5 Å². The number of halogens is 1. The highest BCUT2D eigenvalue weighted by molar-refractivity contribution is 14.0. The average Bonchev–Trinajstić information content (AvgIpc) is 2.59. The van der Waals surface area contributed by atoms with Gasteiger partial charge in [0.1, 0.15) is 5.82 Å². The maximum atomic E-state index is 6.06. The Morgan fingerprint density at radius 3 is 2.62 bits per heavy atom. The molecule has 0 aliphatic rings. The van der Waals surface area contributed by atoms with E-state index in [1.807, 2.05) is 68.4 Å². The van der Waals surface area contributed by atoms with Gasteiger partial charge in [0.25, 0.3) is 0 Å². The molecule has 0 spiro atoms. The van der Waals surface area contributed by atoms with E-state index in [9.17, 15) is 0 Å². The Balaban J connectivity index is 0.00000243. The van der Waals surface area contributed by atoms with E-state index in [0.29, 0.717) is 12.5 Å². The Bertz CT molecular complexity index is 921. The van der Waals surface area contributed by atoms with Gasteiger partial charge in [-0.1, -0.05) is 30.3 Å². The first-order valence-corrected chi connectivity index (χ1v) is 8.22. The number of guanidine groups is 1. The molecule has 2 aromatic carbocycles. The standard InChI is InChI=1S/C20H23N5.HI/c1-14-7-6-8-16(11-14)23-20(21)22-13-15-12-19(25(2)3)24-18-10-5-4-9-17(15)18;/h4-12H,13H2,1-3H3,(H3,21,22,23);1H. The number of aryl methyl sites for hydroxylation is 1. The zero-order valence-electron chi connectivity index (χ0n) is 15.2. The van der Waals surface area contributed by atoms with Crippen LogP contribution in [0.2, 0.25) is 0 Å². The van der Waals surface area contributed by atoms with Crippen LogP contribution in [0.5, 0.6) is 0 Å². The molecule has 0 atom stereocenters. The molecule has 0 amide bonds. The minimum absolute atomic E-state index is 0. The molecule has 0 saturated heterocycles. The summed E-state index contributed by atoms with van der Waals surface area (Å²) >= 11 is 0. The second-order valence-electron chi connectivity index (χ2n) is 6.25. The first-order valence-electron chi connectivity index (χ1n) is 8.22. The summed E-state index contributed by atoms with van der Waals surface area (Å²) in [7, 11) is 3.97. The number of pyridine rings is 1. The zero-order valence-corrected chi connectivity index (χ0v) is 17.6. The summed E-state index contributed by atoms with van der Waals surface area (Å²) in [5.74, 6) is 1.31. The summed E-state index contributed by atoms with van der Waals surface area (Å²) in [6, 6.07) is 18.2. The molecule has 0 bridgehead atoms. The number of hydrogen-bond acceptors (Lipinski definition) is 3. The molecule has 3 rings (SSSR count). The fraction of sp³-hybridized carbons (Fsp3) is 0.200. The van der Waals surface area contributed by atoms with E-state index in [2.05, 4.69) is 27.4 Å². The van der Waals surface area contributed by atoms with Crippen LogP contribution in [0.3, 0.4) is 0 Å². The molecule has 5 nitrogen and oxygen atoms in total. The van der Waals surface area contributed by atoms with Crippen molar-refractivity contribution in [3.8, 4) is 0 Å². The van der Waals surface area contributed by atoms with Gasteiger partial charge in [-0.15, -0.1) is 24.0 Å². The highest BCUT2D eigenvalue weighted by Crippen LogP contribution is 2.22. The number of rotatable bonds is 4. The van der Waals surface area contributed by atoms with Gasteiger partial charge in [-0.25, -0.2) is 9.98 Å². The van der Waals surface area contributed by atoms with Crippen LogP contribution in [0.4, 0.5) is 11.5 Å². The molecule has 3 aromatic rings. The Labute approximate surface area is 171 Å². The van der Waals surface area contributed by atoms with Crippen LogP contribution >= 0.6 is 24.0 Å². The molecule has 6 heteroatoms. The number of nitrogens with two attached hydrogens (primary N) is 1. The zero-order chi connectivity index (χ0) is 17.8. The van der Waals surface area contributed by atoms with Crippen molar-refractivity contribution in [3.63, 3.8) is 0 Å². The van der Waals surface area contributed by atoms with Crippen LogP contribution in [0.15, 0.2) is 59.6 Å². The van der Waals surface area contributed by atoms with Crippen molar-refractivity contribution in [3.05, 3.63) is 65.7 Å². The first-order chi connectivity index (χ1) is 12.0. The van der Waals surface area contributed by atoms with E-state index < -0.39 is 0 Å². The van der Waals surface area contributed by atoms with Gasteiger partial charge in [0.05, 0.1) is 12.1 Å². The maximum Gasteiger partial charge on any atom is 0.193 e. The van der Waals surface area contributed by atoms with E-state index >= 15 is 0 Å². The highest BCUT2D eigenvalue weighted by atomic mass is 127. The van der Waals surface area contributed by atoms with Crippen molar-refractivity contribution in [2.75, 3.05) is 24.3 Å². The molecular weight excluding hydrogens is 437 g/mol. The van der Waals surface area contributed by atoms with Gasteiger partial charge in [0.2, 0.25) is 0 Å². The largest absolute Gasteiger partial charge is 0.370 e. The Hall–Kier alpha value is -2.35. The Morgan fingerprint density at radius 2 is 1.88 bits per heavy atom. The smallest absolute Gasteiger partial charge is 0.193 e. The first kappa shape index (κ1) is 20.0. The number of nitrogens with zero attached hydrogens (tertiary/aromatic N) is 3. The molecule has 0 aliphatic heterocycles. The van der Waals surface area contributed by atoms with Crippen molar-refractivity contribution < 1.29 is 0 Å². The summed E-state index contributed by atoms with van der Waals surface area (Å²) in [6.45, 7) is 2.54. The number of hydrogen-bond donors (Lipinski definition) is 2. The summed E-state index contributed by atoms with van der Waals surface area (Å²) < 4.78 is 0. The van der Waals surface area contributed by atoms with Crippen molar-refractivity contribution in [1.29, 1.82) is 0 Å². The van der Waals surface area contributed by atoms with E-state index in [0.717, 1.165) is 28.0 Å². The van der Waals surface area contributed by atoms with E-state index in [-0.39, 0.29) is 24.0 Å². The fourth-order valence-corrected chi connectivity index (χ4v) is 2.67. The molecule has 26 heavy (non-hydrogen) atoms. The van der Waals surface area contributed by atoms with Gasteiger partial charge < -0.3 is 16.0 Å². The normalized spacial score (nSPS) is 11.1. The summed E-state index contributed by atoms with van der Waals surface area (Å²) in [4.78, 5) is 11.2. The fourth-order valence-electron chi connectivity index (χ4n) is 2.67. The minimum Gasteiger partial charge on any atom is -0.370 e. The number of aromatic nitrogens is 1. The Kier molecular flexibility index (Phi) is 6.79. The lowest BCUT2D eigenvalue weighted by Crippen LogP contribution is -2.22. The topological polar surface area (TPSA) is 66.5 Å². The van der Waals surface area contributed by atoms with Crippen LogP contribution in [0.1, 0.15) is 11.1 Å². The number of aliphatic imine (C=N–C) groups is 1. The molecule has 1 aromatic heterocycles. The molecular formula is C20H24IN5. The predicted octanol–water partition coefficient (Wildman–Crippen LogP) is 4.15. The second-order valence-corrected chi connectivity index (χ2v) is 6.25.